The van der Waals surface area contributed by atoms with Gasteiger partial charge in [0.15, 0.2) is 0 Å². The largest absolute Gasteiger partial charge is 0.286 e. The molecule has 4 heteroatoms. The Hall–Kier alpha value is -0.160. The van der Waals surface area contributed by atoms with Crippen LogP contribution in [0.3, 0.4) is 0 Å². The Balaban J connectivity index is 1.85. The summed E-state index contributed by atoms with van der Waals surface area (Å²) in [6, 6.07) is 0. The minimum Gasteiger partial charge on any atom is -0.286 e. The van der Waals surface area contributed by atoms with Crippen molar-refractivity contribution in [3.8, 4) is 0 Å². The Morgan fingerprint density at radius 1 is 1.40 bits per heavy atom. The third kappa shape index (κ3) is 1.15. The van der Waals surface area contributed by atoms with Crippen LogP contribution in [-0.2, 0) is 0 Å². The lowest BCUT2D eigenvalue weighted by Crippen LogP contribution is -2.49. The van der Waals surface area contributed by atoms with Crippen LogP contribution < -0.4 is 16.1 Å². The van der Waals surface area contributed by atoms with Crippen molar-refractivity contribution in [2.24, 2.45) is 0 Å². The molecule has 1 atom stereocenters. The lowest BCUT2D eigenvalue weighted by Gasteiger charge is -2.21. The molecule has 0 saturated carbocycles. The molecule has 0 aromatic rings. The highest BCUT2D eigenvalue weighted by Crippen LogP contribution is 2.01. The Labute approximate surface area is 60.9 Å². The van der Waals surface area contributed by atoms with Crippen LogP contribution in [0.25, 0.3) is 0 Å². The zero-order chi connectivity index (χ0) is 6.81. The fourth-order valence-electron chi connectivity index (χ4n) is 1.41. The van der Waals surface area contributed by atoms with Gasteiger partial charge in [-0.1, -0.05) is 0 Å². The summed E-state index contributed by atoms with van der Waals surface area (Å²) in [4.78, 5) is 0. The monoisotopic (exact) mass is 141 g/mol. The topological polar surface area (TPSA) is 41.4 Å². The first-order valence-electron chi connectivity index (χ1n) is 3.87. The lowest BCUT2D eigenvalue weighted by molar-refractivity contribution is 0.141. The Morgan fingerprint density at radius 3 is 3.00 bits per heavy atom. The van der Waals surface area contributed by atoms with E-state index in [2.05, 4.69) is 21.1 Å². The summed E-state index contributed by atoms with van der Waals surface area (Å²) >= 11 is 0. The van der Waals surface area contributed by atoms with Gasteiger partial charge >= 0.3 is 0 Å². The van der Waals surface area contributed by atoms with Gasteiger partial charge in [0.25, 0.3) is 0 Å². The molecule has 0 amide bonds. The molecule has 1 unspecified atom stereocenters. The van der Waals surface area contributed by atoms with Crippen molar-refractivity contribution in [3.63, 3.8) is 0 Å². The van der Waals surface area contributed by atoms with E-state index in [9.17, 15) is 0 Å². The minimum absolute atomic E-state index is 0.252. The highest BCUT2D eigenvalue weighted by molar-refractivity contribution is 4.74. The quantitative estimate of drug-likeness (QED) is 0.476. The van der Waals surface area contributed by atoms with Gasteiger partial charge in [-0.2, -0.15) is 0 Å². The fraction of sp³-hybridized carbons (Fsp3) is 1.00. The molecule has 2 aliphatic heterocycles. The van der Waals surface area contributed by atoms with Gasteiger partial charge in [-0.25, -0.2) is 10.3 Å². The molecule has 1 radical (unpaired) electrons. The lowest BCUT2D eigenvalue weighted by atomic mass is 10.5. The third-order valence-corrected chi connectivity index (χ3v) is 1.93. The van der Waals surface area contributed by atoms with E-state index in [1.165, 1.54) is 6.42 Å². The van der Waals surface area contributed by atoms with Crippen LogP contribution in [0.4, 0.5) is 0 Å². The van der Waals surface area contributed by atoms with Crippen molar-refractivity contribution in [3.05, 3.63) is 0 Å². The third-order valence-electron chi connectivity index (χ3n) is 1.93. The van der Waals surface area contributed by atoms with Gasteiger partial charge < -0.3 is 0 Å². The number of hydrazine groups is 1. The maximum Gasteiger partial charge on any atom is 0.142 e. The predicted octanol–water partition coefficient (Wildman–Crippen LogP) is -1.31. The maximum absolute atomic E-state index is 4.37. The molecule has 57 valence electrons. The Morgan fingerprint density at radius 2 is 2.40 bits per heavy atom. The van der Waals surface area contributed by atoms with Gasteiger partial charge in [0, 0.05) is 26.2 Å². The van der Waals surface area contributed by atoms with Crippen LogP contribution in [-0.4, -0.2) is 37.5 Å². The van der Waals surface area contributed by atoms with E-state index in [1.807, 2.05) is 0 Å². The number of nitrogens with one attached hydrogen (secondary N) is 2. The first-order valence-corrected chi connectivity index (χ1v) is 3.87. The van der Waals surface area contributed by atoms with Crippen LogP contribution in [0, 0.1) is 0 Å². The average Bonchev–Trinajstić information content (AvgIpc) is 2.59. The summed E-state index contributed by atoms with van der Waals surface area (Å²) in [5.74, 6) is 0. The van der Waals surface area contributed by atoms with Crippen LogP contribution in [0.15, 0.2) is 0 Å². The SMILES string of the molecule is C1CNN(C2[N]CCN2)C1. The van der Waals surface area contributed by atoms with Crippen molar-refractivity contribution in [1.29, 1.82) is 0 Å². The second kappa shape index (κ2) is 2.84. The van der Waals surface area contributed by atoms with Crippen LogP contribution in [0.5, 0.6) is 0 Å². The number of rotatable bonds is 1. The second-order valence-electron chi connectivity index (χ2n) is 2.69. The zero-order valence-electron chi connectivity index (χ0n) is 6.01. The van der Waals surface area contributed by atoms with Gasteiger partial charge in [0.1, 0.15) is 6.29 Å². The van der Waals surface area contributed by atoms with Crippen molar-refractivity contribution >= 4 is 0 Å². The number of hydrogen-bond acceptors (Lipinski definition) is 3. The molecule has 4 nitrogen and oxygen atoms in total. The normalized spacial score (nSPS) is 30.0. The maximum atomic E-state index is 4.37. The molecule has 2 saturated heterocycles. The molecule has 2 N–H and O–H groups in total. The van der Waals surface area contributed by atoms with Gasteiger partial charge in [0.2, 0.25) is 0 Å². The molecular weight excluding hydrogens is 128 g/mol. The van der Waals surface area contributed by atoms with Gasteiger partial charge in [0.05, 0.1) is 0 Å². The number of hydrogen-bond donors (Lipinski definition) is 2. The van der Waals surface area contributed by atoms with E-state index in [0.29, 0.717) is 0 Å². The summed E-state index contributed by atoms with van der Waals surface area (Å²) in [5.41, 5.74) is 3.28. The predicted molar refractivity (Wildman–Crippen MR) is 38.1 cm³/mol. The average molecular weight is 141 g/mol. The molecular formula is C6H13N4. The van der Waals surface area contributed by atoms with Crippen molar-refractivity contribution in [2.45, 2.75) is 12.7 Å². The Kier molecular flexibility index (Phi) is 1.86. The van der Waals surface area contributed by atoms with E-state index in [4.69, 9.17) is 0 Å². The molecule has 0 spiro atoms. The van der Waals surface area contributed by atoms with E-state index in [-0.39, 0.29) is 6.29 Å². The van der Waals surface area contributed by atoms with E-state index in [1.54, 1.807) is 0 Å². The van der Waals surface area contributed by atoms with E-state index < -0.39 is 0 Å². The van der Waals surface area contributed by atoms with Gasteiger partial charge in [-0.3, -0.25) is 10.7 Å². The summed E-state index contributed by atoms with van der Waals surface area (Å²) in [6.45, 7) is 4.22. The van der Waals surface area contributed by atoms with Gasteiger partial charge in [-0.05, 0) is 6.42 Å². The highest BCUT2D eigenvalue weighted by atomic mass is 15.6. The molecule has 2 rings (SSSR count). The van der Waals surface area contributed by atoms with Crippen LogP contribution >= 0.6 is 0 Å². The minimum atomic E-state index is 0.252. The number of nitrogens with zero attached hydrogens (tertiary/aromatic N) is 2. The van der Waals surface area contributed by atoms with Crippen LogP contribution in [0.1, 0.15) is 6.42 Å². The summed E-state index contributed by atoms with van der Waals surface area (Å²) in [5, 5.41) is 9.84. The highest BCUT2D eigenvalue weighted by Gasteiger charge is 2.24. The van der Waals surface area contributed by atoms with Gasteiger partial charge in [-0.15, -0.1) is 0 Å². The van der Waals surface area contributed by atoms with Crippen LogP contribution in [0.2, 0.25) is 0 Å². The first kappa shape index (κ1) is 6.54. The first-order chi connectivity index (χ1) is 4.97. The molecule has 0 aromatic heterocycles. The second-order valence-corrected chi connectivity index (χ2v) is 2.69. The molecule has 2 aliphatic rings. The summed E-state index contributed by atoms with van der Waals surface area (Å²) in [7, 11) is 0. The van der Waals surface area contributed by atoms with E-state index >= 15 is 0 Å². The van der Waals surface area contributed by atoms with Crippen molar-refractivity contribution < 1.29 is 0 Å². The van der Waals surface area contributed by atoms with Crippen molar-refractivity contribution in [2.75, 3.05) is 26.2 Å². The van der Waals surface area contributed by atoms with Crippen molar-refractivity contribution in [1.82, 2.24) is 21.1 Å². The van der Waals surface area contributed by atoms with E-state index in [0.717, 1.165) is 26.2 Å². The molecule has 0 bridgehead atoms. The molecule has 2 fully saturated rings. The fourth-order valence-corrected chi connectivity index (χ4v) is 1.41. The molecule has 0 aliphatic carbocycles. The smallest absolute Gasteiger partial charge is 0.142 e. The molecule has 10 heavy (non-hydrogen) atoms. The standard InChI is InChI=1S/C6H13N4/c1-2-9-10(5-1)6-7-3-4-8-6/h6-7,9H,1-5H2. The molecule has 0 aromatic carbocycles. The molecule has 2 heterocycles. The Bertz CT molecular complexity index is 90.3. The summed E-state index contributed by atoms with van der Waals surface area (Å²) in [6.07, 6.45) is 1.50. The summed E-state index contributed by atoms with van der Waals surface area (Å²) < 4.78 is 0. The zero-order valence-corrected chi connectivity index (χ0v) is 6.01.